The van der Waals surface area contributed by atoms with Gasteiger partial charge in [0.2, 0.25) is 5.52 Å². The van der Waals surface area contributed by atoms with Gasteiger partial charge in [0.05, 0.1) is 44.1 Å². The molecular formula is C34H30NO4+. The Morgan fingerprint density at radius 2 is 1.33 bits per heavy atom. The minimum atomic E-state index is -0.0939. The first-order valence-corrected chi connectivity index (χ1v) is 12.8. The van der Waals surface area contributed by atoms with Gasteiger partial charge in [-0.05, 0) is 45.8 Å². The van der Waals surface area contributed by atoms with Crippen molar-refractivity contribution < 1.29 is 23.9 Å². The Balaban J connectivity index is 1.74. The number of benzene rings is 5. The van der Waals surface area contributed by atoms with E-state index in [1.54, 1.807) is 21.3 Å². The molecule has 0 radical (unpaired) electrons. The van der Waals surface area contributed by atoms with Crippen LogP contribution in [0.4, 0.5) is 0 Å². The summed E-state index contributed by atoms with van der Waals surface area (Å²) < 4.78 is 19.3. The molecule has 0 unspecified atom stereocenters. The maximum absolute atomic E-state index is 9.98. The monoisotopic (exact) mass is 516 g/mol. The van der Waals surface area contributed by atoms with Gasteiger partial charge >= 0.3 is 0 Å². The van der Waals surface area contributed by atoms with Crippen LogP contribution >= 0.6 is 0 Å². The molecule has 1 heterocycles. The average Bonchev–Trinajstić information content (AvgIpc) is 2.99. The number of aliphatic hydroxyl groups excluding tert-OH is 1. The highest BCUT2D eigenvalue weighted by Gasteiger charge is 2.23. The van der Waals surface area contributed by atoms with Crippen LogP contribution in [0.15, 0.2) is 91.1 Å². The molecule has 0 spiro atoms. The number of hydrogen-bond acceptors (Lipinski definition) is 4. The largest absolute Gasteiger partial charge is 0.495 e. The minimum Gasteiger partial charge on any atom is -0.495 e. The molecule has 0 aliphatic rings. The SMILES string of the molecule is COc1cc2cc(-c3ccc(-c4ccccc4)cc3)c3c4ccc(CO)c(OC)c4c[n+](C)c3c2cc1OC. The molecule has 5 aromatic carbocycles. The zero-order chi connectivity index (χ0) is 27.1. The van der Waals surface area contributed by atoms with E-state index in [0.717, 1.165) is 49.1 Å². The Kier molecular flexibility index (Phi) is 6.29. The molecule has 1 aromatic heterocycles. The van der Waals surface area contributed by atoms with Crippen LogP contribution in [0.2, 0.25) is 0 Å². The number of aryl methyl sites for hydroxylation is 1. The first kappa shape index (κ1) is 24.7. The van der Waals surface area contributed by atoms with Gasteiger partial charge in [-0.15, -0.1) is 0 Å². The fourth-order valence-corrected chi connectivity index (χ4v) is 5.66. The van der Waals surface area contributed by atoms with Crippen LogP contribution in [0, 0.1) is 0 Å². The zero-order valence-corrected chi connectivity index (χ0v) is 22.5. The van der Waals surface area contributed by atoms with E-state index in [1.807, 2.05) is 31.3 Å². The van der Waals surface area contributed by atoms with Crippen LogP contribution in [0.3, 0.4) is 0 Å². The third-order valence-corrected chi connectivity index (χ3v) is 7.52. The lowest BCUT2D eigenvalue weighted by molar-refractivity contribution is -0.642. The van der Waals surface area contributed by atoms with Crippen molar-refractivity contribution in [2.75, 3.05) is 21.3 Å². The number of rotatable bonds is 6. The molecule has 0 aliphatic carbocycles. The third kappa shape index (κ3) is 4.03. The van der Waals surface area contributed by atoms with E-state index < -0.39 is 0 Å². The van der Waals surface area contributed by atoms with Gasteiger partial charge in [-0.2, -0.15) is 4.57 Å². The van der Waals surface area contributed by atoms with E-state index in [4.69, 9.17) is 14.2 Å². The molecule has 0 aliphatic heterocycles. The number of aromatic nitrogens is 1. The summed E-state index contributed by atoms with van der Waals surface area (Å²) in [5.41, 5.74) is 6.38. The van der Waals surface area contributed by atoms with Crippen LogP contribution in [0.5, 0.6) is 17.2 Å². The normalized spacial score (nSPS) is 11.3. The number of ether oxygens (including phenoxy) is 3. The summed E-state index contributed by atoms with van der Waals surface area (Å²) in [7, 11) is 7.02. The minimum absolute atomic E-state index is 0.0939. The molecular weight excluding hydrogens is 486 g/mol. The molecule has 0 bridgehead atoms. The van der Waals surface area contributed by atoms with Gasteiger partial charge in [0.1, 0.15) is 12.8 Å². The fourth-order valence-electron chi connectivity index (χ4n) is 5.66. The van der Waals surface area contributed by atoms with E-state index in [1.165, 1.54) is 11.1 Å². The van der Waals surface area contributed by atoms with Crippen LogP contribution in [0.25, 0.3) is 54.7 Å². The molecule has 6 aromatic rings. The highest BCUT2D eigenvalue weighted by atomic mass is 16.5. The van der Waals surface area contributed by atoms with E-state index in [9.17, 15) is 5.11 Å². The van der Waals surface area contributed by atoms with Gasteiger partial charge in [0.25, 0.3) is 0 Å². The summed E-state index contributed by atoms with van der Waals surface area (Å²) >= 11 is 0. The second-order valence-corrected chi connectivity index (χ2v) is 9.64. The third-order valence-electron chi connectivity index (χ3n) is 7.52. The molecule has 0 saturated carbocycles. The maximum atomic E-state index is 9.98. The van der Waals surface area contributed by atoms with Crippen molar-refractivity contribution in [2.45, 2.75) is 6.61 Å². The van der Waals surface area contributed by atoms with Crippen LogP contribution in [-0.2, 0) is 13.7 Å². The number of aliphatic hydroxyl groups is 1. The van der Waals surface area contributed by atoms with Crippen molar-refractivity contribution in [3.8, 4) is 39.5 Å². The van der Waals surface area contributed by atoms with Gasteiger partial charge in [0.15, 0.2) is 17.7 Å². The molecule has 194 valence electrons. The number of nitrogens with zero attached hydrogens (tertiary/aromatic N) is 1. The summed E-state index contributed by atoms with van der Waals surface area (Å²) in [6, 6.07) is 29.4. The molecule has 0 amide bonds. The fraction of sp³-hybridized carbons (Fsp3) is 0.147. The second-order valence-electron chi connectivity index (χ2n) is 9.64. The highest BCUT2D eigenvalue weighted by Crippen LogP contribution is 2.43. The lowest BCUT2D eigenvalue weighted by Gasteiger charge is -2.16. The second kappa shape index (κ2) is 9.93. The van der Waals surface area contributed by atoms with Gasteiger partial charge in [-0.1, -0.05) is 66.7 Å². The Bertz CT molecular complexity index is 1840. The standard InChI is InChI=1S/C34H30NO4/c1-35-19-29-26(15-14-24(20-36)34(29)39-4)32-27(23-12-10-22(11-13-23)21-8-6-5-7-9-21)16-25-17-30(37-2)31(38-3)18-28(25)33(32)35/h5-19,36H,20H2,1-4H3/q+1. The molecule has 5 heteroatoms. The Labute approximate surface area is 227 Å². The summed E-state index contributed by atoms with van der Waals surface area (Å²) in [5.74, 6) is 2.05. The summed E-state index contributed by atoms with van der Waals surface area (Å²) in [6.45, 7) is -0.0939. The Morgan fingerprint density at radius 3 is 2.00 bits per heavy atom. The van der Waals surface area contributed by atoms with Crippen molar-refractivity contribution in [2.24, 2.45) is 7.05 Å². The van der Waals surface area contributed by atoms with Crippen molar-refractivity contribution in [3.63, 3.8) is 0 Å². The van der Waals surface area contributed by atoms with Crippen LogP contribution in [-0.4, -0.2) is 26.4 Å². The molecule has 0 fully saturated rings. The first-order chi connectivity index (χ1) is 19.1. The van der Waals surface area contributed by atoms with Crippen LogP contribution < -0.4 is 18.8 Å². The Hall–Kier alpha value is -4.61. The van der Waals surface area contributed by atoms with Gasteiger partial charge in [-0.3, -0.25) is 0 Å². The van der Waals surface area contributed by atoms with Crippen molar-refractivity contribution in [1.29, 1.82) is 0 Å². The zero-order valence-electron chi connectivity index (χ0n) is 22.5. The van der Waals surface area contributed by atoms with Gasteiger partial charge < -0.3 is 19.3 Å². The topological polar surface area (TPSA) is 51.8 Å². The first-order valence-electron chi connectivity index (χ1n) is 12.8. The van der Waals surface area contributed by atoms with Crippen molar-refractivity contribution in [3.05, 3.63) is 96.7 Å². The lowest BCUT2D eigenvalue weighted by Crippen LogP contribution is -2.29. The molecule has 6 rings (SSSR count). The van der Waals surface area contributed by atoms with Gasteiger partial charge in [-0.25, -0.2) is 0 Å². The van der Waals surface area contributed by atoms with E-state index in [0.29, 0.717) is 17.2 Å². The summed E-state index contributed by atoms with van der Waals surface area (Å²) in [6.07, 6.45) is 2.08. The number of methoxy groups -OCH3 is 3. The average molecular weight is 517 g/mol. The van der Waals surface area contributed by atoms with Crippen molar-refractivity contribution in [1.82, 2.24) is 0 Å². The number of hydrogen-bond donors (Lipinski definition) is 1. The highest BCUT2D eigenvalue weighted by molar-refractivity contribution is 6.21. The number of fused-ring (bicyclic) bond motifs is 5. The maximum Gasteiger partial charge on any atom is 0.221 e. The smallest absolute Gasteiger partial charge is 0.221 e. The van der Waals surface area contributed by atoms with E-state index in [-0.39, 0.29) is 6.61 Å². The van der Waals surface area contributed by atoms with E-state index in [2.05, 4.69) is 71.4 Å². The molecule has 0 saturated heterocycles. The number of pyridine rings is 1. The van der Waals surface area contributed by atoms with Gasteiger partial charge in [0, 0.05) is 10.9 Å². The van der Waals surface area contributed by atoms with Crippen LogP contribution in [0.1, 0.15) is 5.56 Å². The Morgan fingerprint density at radius 1 is 0.667 bits per heavy atom. The predicted octanol–water partition coefficient (Wildman–Crippen LogP) is 6.82. The summed E-state index contributed by atoms with van der Waals surface area (Å²) in [4.78, 5) is 0. The molecule has 1 N–H and O–H groups in total. The summed E-state index contributed by atoms with van der Waals surface area (Å²) in [5, 5.41) is 15.2. The molecule has 0 atom stereocenters. The lowest BCUT2D eigenvalue weighted by atomic mass is 9.91. The molecule has 39 heavy (non-hydrogen) atoms. The quantitative estimate of drug-likeness (QED) is 0.195. The van der Waals surface area contributed by atoms with E-state index >= 15 is 0 Å². The predicted molar refractivity (Wildman–Crippen MR) is 157 cm³/mol. The van der Waals surface area contributed by atoms with Crippen molar-refractivity contribution >= 4 is 32.4 Å². The molecule has 5 nitrogen and oxygen atoms in total.